The minimum Gasteiger partial charge on any atom is -0.472 e. The Bertz CT molecular complexity index is 691. The van der Waals surface area contributed by atoms with E-state index in [1.807, 2.05) is 15.6 Å². The third-order valence-corrected chi connectivity index (χ3v) is 4.94. The van der Waals surface area contributed by atoms with E-state index in [2.05, 4.69) is 5.10 Å². The highest BCUT2D eigenvalue weighted by molar-refractivity contribution is 5.93. The molecular formula is C18H23N3O4. The Hall–Kier alpha value is -2.12. The Labute approximate surface area is 146 Å². The summed E-state index contributed by atoms with van der Waals surface area (Å²) in [5.41, 5.74) is 1.61. The van der Waals surface area contributed by atoms with E-state index in [-0.39, 0.29) is 11.9 Å². The number of carbonyl (C=O) groups is 1. The van der Waals surface area contributed by atoms with E-state index in [4.69, 9.17) is 13.9 Å². The van der Waals surface area contributed by atoms with Crippen molar-refractivity contribution in [1.29, 1.82) is 0 Å². The average Bonchev–Trinajstić information content (AvgIpc) is 3.33. The van der Waals surface area contributed by atoms with Crippen LogP contribution in [0, 0.1) is 5.92 Å². The summed E-state index contributed by atoms with van der Waals surface area (Å²) in [6, 6.07) is 3.69. The highest BCUT2D eigenvalue weighted by Gasteiger charge is 2.29. The van der Waals surface area contributed by atoms with E-state index in [0.717, 1.165) is 38.4 Å². The molecule has 7 heteroatoms. The minimum atomic E-state index is -0.0179. The van der Waals surface area contributed by atoms with Crippen molar-refractivity contribution in [1.82, 2.24) is 14.7 Å². The van der Waals surface area contributed by atoms with Gasteiger partial charge in [-0.2, -0.15) is 5.10 Å². The van der Waals surface area contributed by atoms with Crippen molar-refractivity contribution >= 4 is 5.91 Å². The van der Waals surface area contributed by atoms with Crippen LogP contribution in [0.15, 0.2) is 35.3 Å². The predicted octanol–water partition coefficient (Wildman–Crippen LogP) is 2.12. The van der Waals surface area contributed by atoms with E-state index < -0.39 is 0 Å². The molecule has 25 heavy (non-hydrogen) atoms. The van der Waals surface area contributed by atoms with Crippen molar-refractivity contribution in [2.75, 3.05) is 33.0 Å². The second-order valence-electron chi connectivity index (χ2n) is 6.71. The number of furan rings is 1. The smallest absolute Gasteiger partial charge is 0.257 e. The van der Waals surface area contributed by atoms with Gasteiger partial charge in [-0.3, -0.25) is 9.48 Å². The van der Waals surface area contributed by atoms with E-state index >= 15 is 0 Å². The first-order valence-electron chi connectivity index (χ1n) is 8.80. The topological polar surface area (TPSA) is 69.7 Å². The number of nitrogens with zero attached hydrogens (tertiary/aromatic N) is 3. The standard InChI is InChI=1S/C18H23N3O4/c22-18(15-4-8-24-12-15)20-9-16-1-5-19-21(16)17(10-20)13-25-11-14-2-6-23-7-3-14/h1,4-5,8,12,14,17H,2-3,6-7,9-11,13H2. The Kier molecular flexibility index (Phi) is 4.85. The largest absolute Gasteiger partial charge is 0.472 e. The molecule has 2 aliphatic heterocycles. The van der Waals surface area contributed by atoms with Crippen LogP contribution in [0.25, 0.3) is 0 Å². The fourth-order valence-corrected chi connectivity index (χ4v) is 3.52. The number of fused-ring (bicyclic) bond motifs is 1. The zero-order valence-electron chi connectivity index (χ0n) is 14.2. The predicted molar refractivity (Wildman–Crippen MR) is 89.1 cm³/mol. The van der Waals surface area contributed by atoms with E-state index in [9.17, 15) is 4.79 Å². The number of amides is 1. The van der Waals surface area contributed by atoms with Gasteiger partial charge in [-0.05, 0) is 30.9 Å². The van der Waals surface area contributed by atoms with Crippen molar-refractivity contribution in [2.24, 2.45) is 5.92 Å². The van der Waals surface area contributed by atoms with Gasteiger partial charge in [-0.25, -0.2) is 0 Å². The van der Waals surface area contributed by atoms with Crippen LogP contribution in [0.2, 0.25) is 0 Å². The monoisotopic (exact) mass is 345 g/mol. The molecule has 1 atom stereocenters. The van der Waals surface area contributed by atoms with Crippen molar-refractivity contribution in [2.45, 2.75) is 25.4 Å². The number of aromatic nitrogens is 2. The number of carbonyl (C=O) groups excluding carboxylic acids is 1. The summed E-state index contributed by atoms with van der Waals surface area (Å²) in [6.45, 7) is 4.10. The molecule has 4 heterocycles. The third-order valence-electron chi connectivity index (χ3n) is 4.94. The number of hydrogen-bond donors (Lipinski definition) is 0. The van der Waals surface area contributed by atoms with Crippen LogP contribution >= 0.6 is 0 Å². The van der Waals surface area contributed by atoms with Gasteiger partial charge in [0.2, 0.25) is 0 Å². The summed E-state index contributed by atoms with van der Waals surface area (Å²) in [7, 11) is 0. The second-order valence-corrected chi connectivity index (χ2v) is 6.71. The third kappa shape index (κ3) is 3.62. The molecule has 1 amide bonds. The molecule has 4 rings (SSSR count). The zero-order chi connectivity index (χ0) is 17.1. The maximum Gasteiger partial charge on any atom is 0.257 e. The summed E-state index contributed by atoms with van der Waals surface area (Å²) < 4.78 is 18.4. The van der Waals surface area contributed by atoms with E-state index in [0.29, 0.717) is 31.2 Å². The van der Waals surface area contributed by atoms with Gasteiger partial charge < -0.3 is 18.8 Å². The average molecular weight is 345 g/mol. The molecule has 0 radical (unpaired) electrons. The lowest BCUT2D eigenvalue weighted by atomic mass is 10.0. The van der Waals surface area contributed by atoms with Gasteiger partial charge in [0, 0.05) is 32.6 Å². The first kappa shape index (κ1) is 16.4. The Morgan fingerprint density at radius 2 is 2.16 bits per heavy atom. The molecule has 0 aliphatic carbocycles. The molecule has 2 aliphatic rings. The quantitative estimate of drug-likeness (QED) is 0.830. The number of rotatable bonds is 5. The lowest BCUT2D eigenvalue weighted by Crippen LogP contribution is -2.42. The molecule has 7 nitrogen and oxygen atoms in total. The van der Waals surface area contributed by atoms with Crippen LogP contribution in [0.4, 0.5) is 0 Å². The van der Waals surface area contributed by atoms with Crippen molar-refractivity contribution in [3.63, 3.8) is 0 Å². The normalized spacial score (nSPS) is 21.3. The van der Waals surface area contributed by atoms with Gasteiger partial charge in [0.1, 0.15) is 6.26 Å². The first-order chi connectivity index (χ1) is 12.3. The Morgan fingerprint density at radius 3 is 2.96 bits per heavy atom. The molecule has 0 saturated carbocycles. The molecule has 1 saturated heterocycles. The summed E-state index contributed by atoms with van der Waals surface area (Å²) in [5.74, 6) is 0.550. The number of ether oxygens (including phenoxy) is 2. The Morgan fingerprint density at radius 1 is 1.28 bits per heavy atom. The summed E-state index contributed by atoms with van der Waals surface area (Å²) in [4.78, 5) is 14.5. The van der Waals surface area contributed by atoms with Crippen LogP contribution in [0.5, 0.6) is 0 Å². The highest BCUT2D eigenvalue weighted by Crippen LogP contribution is 2.23. The maximum absolute atomic E-state index is 12.6. The van der Waals surface area contributed by atoms with E-state index in [1.54, 1.807) is 12.3 Å². The lowest BCUT2D eigenvalue weighted by molar-refractivity contribution is 0.00432. The molecule has 1 unspecified atom stereocenters. The molecule has 0 bridgehead atoms. The minimum absolute atomic E-state index is 0.0179. The molecule has 2 aromatic heterocycles. The number of hydrogen-bond acceptors (Lipinski definition) is 5. The van der Waals surface area contributed by atoms with Crippen LogP contribution in [0.1, 0.15) is 34.9 Å². The van der Waals surface area contributed by atoms with Crippen LogP contribution in [-0.4, -0.2) is 53.6 Å². The van der Waals surface area contributed by atoms with Gasteiger partial charge in [0.05, 0.1) is 36.7 Å². The summed E-state index contributed by atoms with van der Waals surface area (Å²) in [6.07, 6.45) is 6.92. The molecular weight excluding hydrogens is 322 g/mol. The van der Waals surface area contributed by atoms with Gasteiger partial charge in [-0.15, -0.1) is 0 Å². The SMILES string of the molecule is O=C(c1ccoc1)N1Cc2ccnn2C(COCC2CCOCC2)C1. The van der Waals surface area contributed by atoms with Crippen molar-refractivity contribution in [3.8, 4) is 0 Å². The van der Waals surface area contributed by atoms with Gasteiger partial charge in [0.15, 0.2) is 0 Å². The molecule has 0 spiro atoms. The van der Waals surface area contributed by atoms with Crippen molar-refractivity contribution < 1.29 is 18.7 Å². The zero-order valence-corrected chi connectivity index (χ0v) is 14.2. The molecule has 134 valence electrons. The maximum atomic E-state index is 12.6. The highest BCUT2D eigenvalue weighted by atomic mass is 16.5. The van der Waals surface area contributed by atoms with Crippen LogP contribution < -0.4 is 0 Å². The molecule has 0 N–H and O–H groups in total. The Balaban J connectivity index is 1.39. The van der Waals surface area contributed by atoms with Crippen LogP contribution in [0.3, 0.4) is 0 Å². The molecule has 1 fully saturated rings. The first-order valence-corrected chi connectivity index (χ1v) is 8.80. The molecule has 0 aromatic carbocycles. The second kappa shape index (κ2) is 7.41. The summed E-state index contributed by atoms with van der Waals surface area (Å²) >= 11 is 0. The van der Waals surface area contributed by atoms with Gasteiger partial charge >= 0.3 is 0 Å². The van der Waals surface area contributed by atoms with Crippen molar-refractivity contribution in [3.05, 3.63) is 42.1 Å². The fraction of sp³-hybridized carbons (Fsp3) is 0.556. The van der Waals surface area contributed by atoms with Gasteiger partial charge in [-0.1, -0.05) is 0 Å². The molecule has 2 aromatic rings. The summed E-state index contributed by atoms with van der Waals surface area (Å²) in [5, 5.41) is 4.42. The lowest BCUT2D eigenvalue weighted by Gasteiger charge is -2.34. The fourth-order valence-electron chi connectivity index (χ4n) is 3.52. The van der Waals surface area contributed by atoms with Crippen LogP contribution in [-0.2, 0) is 16.0 Å². The van der Waals surface area contributed by atoms with E-state index in [1.165, 1.54) is 12.5 Å². The van der Waals surface area contributed by atoms with Gasteiger partial charge in [0.25, 0.3) is 5.91 Å².